The van der Waals surface area contributed by atoms with Crippen LogP contribution in [0.4, 0.5) is 0 Å². The van der Waals surface area contributed by atoms with E-state index >= 15 is 0 Å². The number of hydrogen-bond donors (Lipinski definition) is 1. The van der Waals surface area contributed by atoms with Gasteiger partial charge in [0.1, 0.15) is 18.4 Å². The van der Waals surface area contributed by atoms with E-state index in [1.165, 1.54) is 18.4 Å². The predicted molar refractivity (Wildman–Crippen MR) is 149 cm³/mol. The monoisotopic (exact) mass is 547 g/mol. The molecule has 2 amide bonds. The lowest BCUT2D eigenvalue weighted by Crippen LogP contribution is -2.55. The van der Waals surface area contributed by atoms with Gasteiger partial charge in [0.15, 0.2) is 5.78 Å². The van der Waals surface area contributed by atoms with E-state index in [9.17, 15) is 14.4 Å². The summed E-state index contributed by atoms with van der Waals surface area (Å²) in [6.07, 6.45) is 0. The molecule has 39 heavy (non-hydrogen) atoms. The van der Waals surface area contributed by atoms with Gasteiger partial charge in [0.05, 0.1) is 19.1 Å². The van der Waals surface area contributed by atoms with Crippen LogP contribution in [-0.4, -0.2) is 80.4 Å². The van der Waals surface area contributed by atoms with Gasteiger partial charge < -0.3 is 24.6 Å². The summed E-state index contributed by atoms with van der Waals surface area (Å²) in [6.45, 7) is 2.28. The zero-order valence-corrected chi connectivity index (χ0v) is 22.9. The van der Waals surface area contributed by atoms with E-state index in [4.69, 9.17) is 9.47 Å². The van der Waals surface area contributed by atoms with Crippen LogP contribution in [0.3, 0.4) is 0 Å². The van der Waals surface area contributed by atoms with Crippen LogP contribution in [0.1, 0.15) is 32.8 Å². The molecule has 4 unspecified atom stereocenters. The number of hydrogen-bond acceptors (Lipinski definition) is 7. The number of carbonyl (C=O) groups excluding carboxylic acids is 3. The average Bonchev–Trinajstić information content (AvgIpc) is 3.64. The van der Waals surface area contributed by atoms with Gasteiger partial charge in [-0.1, -0.05) is 36.4 Å². The molecule has 0 radical (unpaired) electrons. The first-order chi connectivity index (χ1) is 19.0. The molecule has 9 heteroatoms. The highest BCUT2D eigenvalue weighted by Gasteiger charge is 2.58. The molecule has 2 aliphatic heterocycles. The van der Waals surface area contributed by atoms with Gasteiger partial charge in [0, 0.05) is 49.6 Å². The summed E-state index contributed by atoms with van der Waals surface area (Å²) >= 11 is 1.49. The lowest BCUT2D eigenvalue weighted by molar-refractivity contribution is -0.148. The fourth-order valence-electron chi connectivity index (χ4n) is 5.86. The molecular formula is C30H33N3O5S. The molecule has 0 saturated carbocycles. The number of benzene rings is 2. The molecular weight excluding hydrogens is 514 g/mol. The standard InChI is InChI=1S/C30H33N3O5S/c1-37-19-24(34)33-27(23-9-6-18-39-23)26(29(35)21-10-12-22(38-2)13-11-21)25(20-7-4-3-5-8-20)28(33)30(36)32-16-14-31-15-17-32/h3-13,18,25-28,31H,14-17,19H2,1-2H3. The van der Waals surface area contributed by atoms with Gasteiger partial charge in [-0.25, -0.2) is 0 Å². The first kappa shape index (κ1) is 27.1. The molecule has 3 aromatic rings. The summed E-state index contributed by atoms with van der Waals surface area (Å²) in [5, 5.41) is 5.23. The summed E-state index contributed by atoms with van der Waals surface area (Å²) in [5.74, 6) is -1.14. The minimum absolute atomic E-state index is 0.115. The van der Waals surface area contributed by atoms with Gasteiger partial charge in [-0.05, 0) is 41.3 Å². The number of methoxy groups -OCH3 is 2. The van der Waals surface area contributed by atoms with E-state index in [-0.39, 0.29) is 24.2 Å². The van der Waals surface area contributed by atoms with Crippen molar-refractivity contribution in [3.05, 3.63) is 88.1 Å². The van der Waals surface area contributed by atoms with Crippen LogP contribution >= 0.6 is 11.3 Å². The molecule has 0 bridgehead atoms. The summed E-state index contributed by atoms with van der Waals surface area (Å²) < 4.78 is 10.6. The molecule has 5 rings (SSSR count). The van der Waals surface area contributed by atoms with Crippen LogP contribution in [0.5, 0.6) is 5.75 Å². The number of thiophene rings is 1. The van der Waals surface area contributed by atoms with Crippen molar-refractivity contribution in [3.8, 4) is 5.75 Å². The zero-order chi connectivity index (χ0) is 27.4. The third-order valence-electron chi connectivity index (χ3n) is 7.60. The third-order valence-corrected chi connectivity index (χ3v) is 8.54. The molecule has 8 nitrogen and oxygen atoms in total. The van der Waals surface area contributed by atoms with Crippen molar-refractivity contribution in [1.29, 1.82) is 0 Å². The topological polar surface area (TPSA) is 88.2 Å². The van der Waals surface area contributed by atoms with Crippen molar-refractivity contribution in [2.75, 3.05) is 47.0 Å². The highest BCUT2D eigenvalue weighted by atomic mass is 32.1. The second kappa shape index (κ2) is 12.1. The Labute approximate surface area is 232 Å². The Balaban J connectivity index is 1.70. The molecule has 2 fully saturated rings. The van der Waals surface area contributed by atoms with Crippen LogP contribution < -0.4 is 10.1 Å². The Morgan fingerprint density at radius 3 is 2.28 bits per heavy atom. The van der Waals surface area contributed by atoms with Gasteiger partial charge in [0.25, 0.3) is 0 Å². The fourth-order valence-corrected chi connectivity index (χ4v) is 6.73. The predicted octanol–water partition coefficient (Wildman–Crippen LogP) is 3.37. The maximum absolute atomic E-state index is 14.5. The van der Waals surface area contributed by atoms with E-state index in [0.29, 0.717) is 37.5 Å². The first-order valence-corrected chi connectivity index (χ1v) is 14.0. The van der Waals surface area contributed by atoms with E-state index in [0.717, 1.165) is 10.4 Å². The molecule has 2 aromatic carbocycles. The largest absolute Gasteiger partial charge is 0.497 e. The maximum Gasteiger partial charge on any atom is 0.249 e. The van der Waals surface area contributed by atoms with Crippen molar-refractivity contribution < 1.29 is 23.9 Å². The van der Waals surface area contributed by atoms with Gasteiger partial charge in [-0.15, -0.1) is 11.3 Å². The Morgan fingerprint density at radius 1 is 0.949 bits per heavy atom. The van der Waals surface area contributed by atoms with Crippen molar-refractivity contribution in [2.24, 2.45) is 5.92 Å². The van der Waals surface area contributed by atoms with Crippen LogP contribution in [0.25, 0.3) is 0 Å². The van der Waals surface area contributed by atoms with Gasteiger partial charge in [-0.3, -0.25) is 14.4 Å². The molecule has 4 atom stereocenters. The number of nitrogens with zero attached hydrogens (tertiary/aromatic N) is 2. The lowest BCUT2D eigenvalue weighted by Gasteiger charge is -2.36. The molecule has 1 N–H and O–H groups in total. The van der Waals surface area contributed by atoms with Crippen molar-refractivity contribution in [2.45, 2.75) is 18.0 Å². The summed E-state index contributed by atoms with van der Waals surface area (Å²) in [7, 11) is 3.05. The van der Waals surface area contributed by atoms with Gasteiger partial charge in [0.2, 0.25) is 11.8 Å². The number of rotatable bonds is 8. The Kier molecular flexibility index (Phi) is 8.40. The molecule has 0 aliphatic carbocycles. The molecule has 3 heterocycles. The van der Waals surface area contributed by atoms with Crippen molar-refractivity contribution in [1.82, 2.24) is 15.1 Å². The number of carbonyl (C=O) groups is 3. The summed E-state index contributed by atoms with van der Waals surface area (Å²) in [4.78, 5) is 46.9. The normalized spacial score (nSPS) is 23.0. The summed E-state index contributed by atoms with van der Waals surface area (Å²) in [6, 6.07) is 19.0. The number of ether oxygens (including phenoxy) is 2. The minimum Gasteiger partial charge on any atom is -0.497 e. The number of Topliss-reactive ketones (excluding diaryl/α,β-unsaturated/α-hetero) is 1. The number of piperazine rings is 1. The highest BCUT2D eigenvalue weighted by Crippen LogP contribution is 2.52. The van der Waals surface area contributed by atoms with Crippen molar-refractivity contribution >= 4 is 28.9 Å². The van der Waals surface area contributed by atoms with Crippen LogP contribution in [0.15, 0.2) is 72.1 Å². The lowest BCUT2D eigenvalue weighted by atomic mass is 9.77. The molecule has 2 saturated heterocycles. The van der Waals surface area contributed by atoms with Crippen LogP contribution in [0.2, 0.25) is 0 Å². The quantitative estimate of drug-likeness (QED) is 0.435. The second-order valence-electron chi connectivity index (χ2n) is 9.77. The van der Waals surface area contributed by atoms with Crippen molar-refractivity contribution in [3.63, 3.8) is 0 Å². The number of nitrogens with one attached hydrogen (secondary N) is 1. The van der Waals surface area contributed by atoms with Gasteiger partial charge >= 0.3 is 0 Å². The van der Waals surface area contributed by atoms with E-state index in [2.05, 4.69) is 5.32 Å². The molecule has 0 spiro atoms. The zero-order valence-electron chi connectivity index (χ0n) is 22.1. The summed E-state index contributed by atoms with van der Waals surface area (Å²) in [5.41, 5.74) is 1.37. The molecule has 204 valence electrons. The smallest absolute Gasteiger partial charge is 0.249 e. The maximum atomic E-state index is 14.5. The molecule has 1 aromatic heterocycles. The van der Waals surface area contributed by atoms with Gasteiger partial charge in [-0.2, -0.15) is 0 Å². The highest BCUT2D eigenvalue weighted by molar-refractivity contribution is 7.10. The third kappa shape index (κ3) is 5.34. The second-order valence-corrected chi connectivity index (χ2v) is 10.7. The fraction of sp³-hybridized carbons (Fsp3) is 0.367. The first-order valence-electron chi connectivity index (χ1n) is 13.1. The Hall–Kier alpha value is -3.53. The average molecular weight is 548 g/mol. The SMILES string of the molecule is COCC(=O)N1C(C(=O)N2CCNCC2)C(c2ccccc2)C(C(=O)c2ccc(OC)cc2)C1c1cccs1. The number of ketones is 1. The van der Waals surface area contributed by atoms with E-state index in [1.54, 1.807) is 36.3 Å². The molecule has 2 aliphatic rings. The van der Waals surface area contributed by atoms with Crippen LogP contribution in [-0.2, 0) is 14.3 Å². The number of likely N-dealkylation sites (tertiary alicyclic amines) is 1. The van der Waals surface area contributed by atoms with E-state index < -0.39 is 23.9 Å². The minimum atomic E-state index is -0.854. The Bertz CT molecular complexity index is 1280. The van der Waals surface area contributed by atoms with Crippen LogP contribution in [0, 0.1) is 5.92 Å². The van der Waals surface area contributed by atoms with E-state index in [1.807, 2.05) is 52.7 Å². The Morgan fingerprint density at radius 2 is 1.67 bits per heavy atom. The number of amides is 2.